The fourth-order valence-corrected chi connectivity index (χ4v) is 2.94. The largest absolute Gasteiger partial charge is 0.423 e. The number of hydrazone groups is 1. The van der Waals surface area contributed by atoms with Crippen LogP contribution in [-0.2, 0) is 9.59 Å². The maximum absolute atomic E-state index is 12.1. The number of nitrogens with one attached hydrogen (secondary N) is 2. The van der Waals surface area contributed by atoms with Crippen molar-refractivity contribution in [3.8, 4) is 5.75 Å². The van der Waals surface area contributed by atoms with Gasteiger partial charge < -0.3 is 10.1 Å². The first-order chi connectivity index (χ1) is 15.3. The van der Waals surface area contributed by atoms with Gasteiger partial charge in [0, 0.05) is 5.02 Å². The lowest BCUT2D eigenvalue weighted by Gasteiger charge is -2.07. The van der Waals surface area contributed by atoms with Crippen molar-refractivity contribution in [3.63, 3.8) is 0 Å². The highest BCUT2D eigenvalue weighted by Crippen LogP contribution is 2.29. The Kier molecular flexibility index (Phi) is 7.83. The van der Waals surface area contributed by atoms with Crippen LogP contribution in [0.3, 0.4) is 0 Å². The number of carbonyl (C=O) groups is 3. The molecule has 2 N–H and O–H groups in total. The number of nitrogens with zero attached hydrogens (tertiary/aromatic N) is 1. The minimum atomic E-state index is -0.996. The maximum Gasteiger partial charge on any atom is 0.343 e. The van der Waals surface area contributed by atoms with Crippen LogP contribution >= 0.6 is 34.8 Å². The normalized spacial score (nSPS) is 10.6. The van der Waals surface area contributed by atoms with Crippen LogP contribution in [0.4, 0.5) is 5.69 Å². The standard InChI is InChI=1S/C22H14Cl3N3O4/c23-15-4-1-3-14(11-15)22(31)32-16-9-7-13(8-10-16)12-26-28-21(30)20(29)27-18-6-2-5-17(24)19(18)25/h1-12H,(H,27,29)(H,28,30)/b26-12+. The molecule has 162 valence electrons. The summed E-state index contributed by atoms with van der Waals surface area (Å²) in [6.07, 6.45) is 1.32. The number of halogens is 3. The Hall–Kier alpha value is -3.39. The fourth-order valence-electron chi connectivity index (χ4n) is 2.40. The molecule has 0 bridgehead atoms. The van der Waals surface area contributed by atoms with Gasteiger partial charge in [-0.2, -0.15) is 5.10 Å². The van der Waals surface area contributed by atoms with E-state index < -0.39 is 17.8 Å². The zero-order chi connectivity index (χ0) is 23.1. The third-order valence-electron chi connectivity index (χ3n) is 3.94. The van der Waals surface area contributed by atoms with Crippen LogP contribution in [0, 0.1) is 0 Å². The minimum absolute atomic E-state index is 0.120. The molecule has 32 heavy (non-hydrogen) atoms. The Balaban J connectivity index is 1.53. The molecule has 0 spiro atoms. The molecule has 2 amide bonds. The van der Waals surface area contributed by atoms with Gasteiger partial charge in [0.05, 0.1) is 27.5 Å². The number of benzene rings is 3. The number of anilines is 1. The monoisotopic (exact) mass is 489 g/mol. The second-order valence-corrected chi connectivity index (χ2v) is 7.45. The Bertz CT molecular complexity index is 1200. The highest BCUT2D eigenvalue weighted by molar-refractivity contribution is 6.45. The Morgan fingerprint density at radius 2 is 1.59 bits per heavy atom. The van der Waals surface area contributed by atoms with Gasteiger partial charge in [0.2, 0.25) is 0 Å². The van der Waals surface area contributed by atoms with Gasteiger partial charge in [0.1, 0.15) is 5.75 Å². The molecule has 0 heterocycles. The SMILES string of the molecule is O=C(N/N=C/c1ccc(OC(=O)c2cccc(Cl)c2)cc1)C(=O)Nc1cccc(Cl)c1Cl. The molecule has 0 saturated heterocycles. The van der Waals surface area contributed by atoms with Gasteiger partial charge in [0.15, 0.2) is 0 Å². The molecule has 0 radical (unpaired) electrons. The first kappa shape index (κ1) is 23.3. The van der Waals surface area contributed by atoms with E-state index in [1.165, 1.54) is 18.3 Å². The van der Waals surface area contributed by atoms with Gasteiger partial charge in [-0.15, -0.1) is 0 Å². The number of carbonyl (C=O) groups excluding carboxylic acids is 3. The summed E-state index contributed by atoms with van der Waals surface area (Å²) in [5.41, 5.74) is 3.22. The van der Waals surface area contributed by atoms with Crippen LogP contribution in [0.15, 0.2) is 71.8 Å². The zero-order valence-electron chi connectivity index (χ0n) is 16.1. The van der Waals surface area contributed by atoms with Crippen molar-refractivity contribution in [2.45, 2.75) is 0 Å². The molecule has 0 aromatic heterocycles. The Morgan fingerprint density at radius 3 is 2.31 bits per heavy atom. The van der Waals surface area contributed by atoms with Gasteiger partial charge in [0.25, 0.3) is 0 Å². The van der Waals surface area contributed by atoms with E-state index in [1.54, 1.807) is 54.6 Å². The van der Waals surface area contributed by atoms with E-state index in [4.69, 9.17) is 39.5 Å². The summed E-state index contributed by atoms with van der Waals surface area (Å²) in [7, 11) is 0. The highest BCUT2D eigenvalue weighted by atomic mass is 35.5. The summed E-state index contributed by atoms with van der Waals surface area (Å²) in [5, 5.41) is 6.86. The minimum Gasteiger partial charge on any atom is -0.423 e. The van der Waals surface area contributed by atoms with E-state index in [9.17, 15) is 14.4 Å². The first-order valence-electron chi connectivity index (χ1n) is 8.99. The molecule has 3 rings (SSSR count). The Morgan fingerprint density at radius 1 is 0.875 bits per heavy atom. The summed E-state index contributed by atoms with van der Waals surface area (Å²) >= 11 is 17.7. The fraction of sp³-hybridized carbons (Fsp3) is 0. The molecule has 0 aliphatic heterocycles. The first-order valence-corrected chi connectivity index (χ1v) is 10.1. The van der Waals surface area contributed by atoms with E-state index in [2.05, 4.69) is 15.8 Å². The van der Waals surface area contributed by atoms with Crippen LogP contribution in [0.25, 0.3) is 0 Å². The summed E-state index contributed by atoms with van der Waals surface area (Å²) in [4.78, 5) is 36.0. The molecule has 3 aromatic carbocycles. The van der Waals surface area contributed by atoms with Crippen LogP contribution in [-0.4, -0.2) is 24.0 Å². The van der Waals surface area contributed by atoms with Crippen molar-refractivity contribution in [2.75, 3.05) is 5.32 Å². The molecule has 0 unspecified atom stereocenters. The molecular formula is C22H14Cl3N3O4. The zero-order valence-corrected chi connectivity index (χ0v) is 18.4. The predicted octanol–water partition coefficient (Wildman–Crippen LogP) is 4.95. The number of hydrogen-bond acceptors (Lipinski definition) is 5. The number of rotatable bonds is 5. The lowest BCUT2D eigenvalue weighted by Crippen LogP contribution is -2.32. The average molecular weight is 491 g/mol. The van der Waals surface area contributed by atoms with Crippen molar-refractivity contribution >= 4 is 64.5 Å². The van der Waals surface area contributed by atoms with Crippen molar-refractivity contribution < 1.29 is 19.1 Å². The number of ether oxygens (including phenoxy) is 1. The molecule has 10 heteroatoms. The maximum atomic E-state index is 12.1. The molecule has 0 saturated carbocycles. The second-order valence-electron chi connectivity index (χ2n) is 6.22. The lowest BCUT2D eigenvalue weighted by atomic mass is 10.2. The molecule has 7 nitrogen and oxygen atoms in total. The van der Waals surface area contributed by atoms with E-state index in [0.29, 0.717) is 21.9 Å². The van der Waals surface area contributed by atoms with Crippen LogP contribution in [0.2, 0.25) is 15.1 Å². The summed E-state index contributed by atoms with van der Waals surface area (Å²) in [6, 6.07) is 17.4. The number of hydrogen-bond donors (Lipinski definition) is 2. The van der Waals surface area contributed by atoms with Crippen molar-refractivity contribution in [1.82, 2.24) is 5.43 Å². The van der Waals surface area contributed by atoms with Crippen molar-refractivity contribution in [3.05, 3.63) is 92.9 Å². The van der Waals surface area contributed by atoms with Gasteiger partial charge in [-0.05, 0) is 60.2 Å². The highest BCUT2D eigenvalue weighted by Gasteiger charge is 2.15. The molecule has 0 aliphatic carbocycles. The molecule has 0 aliphatic rings. The van der Waals surface area contributed by atoms with Gasteiger partial charge >= 0.3 is 17.8 Å². The summed E-state index contributed by atoms with van der Waals surface area (Å²) in [5.74, 6) is -2.19. The third-order valence-corrected chi connectivity index (χ3v) is 4.99. The van der Waals surface area contributed by atoms with Crippen LogP contribution in [0.1, 0.15) is 15.9 Å². The van der Waals surface area contributed by atoms with E-state index in [-0.39, 0.29) is 15.7 Å². The summed E-state index contributed by atoms with van der Waals surface area (Å²) < 4.78 is 5.27. The van der Waals surface area contributed by atoms with Crippen molar-refractivity contribution in [2.24, 2.45) is 5.10 Å². The van der Waals surface area contributed by atoms with Crippen molar-refractivity contribution in [1.29, 1.82) is 0 Å². The second kappa shape index (κ2) is 10.8. The van der Waals surface area contributed by atoms with Gasteiger partial charge in [-0.25, -0.2) is 10.2 Å². The number of esters is 1. The van der Waals surface area contributed by atoms with E-state index in [1.807, 2.05) is 0 Å². The summed E-state index contributed by atoms with van der Waals surface area (Å²) in [6.45, 7) is 0. The molecule has 0 fully saturated rings. The molecule has 0 atom stereocenters. The van der Waals surface area contributed by atoms with Crippen LogP contribution < -0.4 is 15.5 Å². The topological polar surface area (TPSA) is 96.9 Å². The Labute approximate surface area is 197 Å². The van der Waals surface area contributed by atoms with Gasteiger partial charge in [-0.3, -0.25) is 9.59 Å². The van der Waals surface area contributed by atoms with Gasteiger partial charge in [-0.1, -0.05) is 46.9 Å². The molecule has 3 aromatic rings. The van der Waals surface area contributed by atoms with Crippen LogP contribution in [0.5, 0.6) is 5.75 Å². The lowest BCUT2D eigenvalue weighted by molar-refractivity contribution is -0.136. The average Bonchev–Trinajstić information content (AvgIpc) is 2.78. The number of amides is 2. The van der Waals surface area contributed by atoms with E-state index >= 15 is 0 Å². The molecular weight excluding hydrogens is 477 g/mol. The smallest absolute Gasteiger partial charge is 0.343 e. The predicted molar refractivity (Wildman–Crippen MR) is 124 cm³/mol. The van der Waals surface area contributed by atoms with E-state index in [0.717, 1.165) is 0 Å². The quantitative estimate of drug-likeness (QED) is 0.174. The third kappa shape index (κ3) is 6.31.